The Labute approximate surface area is 53.9 Å². The quantitative estimate of drug-likeness (QED) is 0.532. The van der Waals surface area contributed by atoms with Crippen LogP contribution >= 0.6 is 12.6 Å². The maximum atomic E-state index is 5.02. The smallest absolute Gasteiger partial charge is 0.189 e. The molecule has 0 aromatic rings. The van der Waals surface area contributed by atoms with Crippen molar-refractivity contribution in [1.82, 2.24) is 0 Å². The van der Waals surface area contributed by atoms with Crippen molar-refractivity contribution in [3.05, 3.63) is 11.5 Å². The Hall–Kier alpha value is 0.01000. The van der Waals surface area contributed by atoms with Crippen molar-refractivity contribution in [3.63, 3.8) is 0 Å². The third-order valence-electron chi connectivity index (χ3n) is 0.894. The van der Waals surface area contributed by atoms with Crippen LogP contribution in [0.3, 0.4) is 0 Å². The summed E-state index contributed by atoms with van der Waals surface area (Å²) in [4.78, 5) is 0.641. The van der Waals surface area contributed by atoms with Gasteiger partial charge in [0.25, 0.3) is 0 Å². The summed E-state index contributed by atoms with van der Waals surface area (Å²) in [5.74, 6) is 0. The fourth-order valence-electron chi connectivity index (χ4n) is 0.551. The van der Waals surface area contributed by atoms with Crippen molar-refractivity contribution < 1.29 is 9.47 Å². The second kappa shape index (κ2) is 2.53. The number of ether oxygens (including phenoxy) is 2. The standard InChI is InChI=1S/C5H8O2S/c1-4(8)5-6-2-3-7-5/h5,8H,1-3H2. The van der Waals surface area contributed by atoms with E-state index in [1.54, 1.807) is 0 Å². The fraction of sp³-hybridized carbons (Fsp3) is 0.600. The maximum Gasteiger partial charge on any atom is 0.189 e. The summed E-state index contributed by atoms with van der Waals surface area (Å²) in [6.45, 7) is 4.87. The molecule has 1 fully saturated rings. The van der Waals surface area contributed by atoms with E-state index in [9.17, 15) is 0 Å². The molecule has 0 aromatic heterocycles. The lowest BCUT2D eigenvalue weighted by molar-refractivity contribution is -0.00408. The zero-order chi connectivity index (χ0) is 5.98. The first kappa shape index (κ1) is 6.13. The molecule has 0 spiro atoms. The molecule has 0 aromatic carbocycles. The van der Waals surface area contributed by atoms with Crippen LogP contribution in [-0.4, -0.2) is 19.5 Å². The van der Waals surface area contributed by atoms with Gasteiger partial charge >= 0.3 is 0 Å². The lowest BCUT2D eigenvalue weighted by atomic mass is 10.6. The first-order valence-electron chi connectivity index (χ1n) is 2.41. The number of hydrogen-bond donors (Lipinski definition) is 1. The van der Waals surface area contributed by atoms with Crippen LogP contribution in [0.1, 0.15) is 0 Å². The Bertz CT molecular complexity index is 96.6. The predicted molar refractivity (Wildman–Crippen MR) is 33.8 cm³/mol. The van der Waals surface area contributed by atoms with Gasteiger partial charge in [-0.25, -0.2) is 0 Å². The van der Waals surface area contributed by atoms with Crippen molar-refractivity contribution in [2.24, 2.45) is 0 Å². The van der Waals surface area contributed by atoms with Gasteiger partial charge in [-0.15, -0.1) is 12.6 Å². The highest BCUT2D eigenvalue weighted by molar-refractivity contribution is 7.84. The molecule has 0 bridgehead atoms. The van der Waals surface area contributed by atoms with Crippen molar-refractivity contribution in [2.75, 3.05) is 13.2 Å². The van der Waals surface area contributed by atoms with Gasteiger partial charge in [0.05, 0.1) is 13.2 Å². The topological polar surface area (TPSA) is 18.5 Å². The second-order valence-corrected chi connectivity index (χ2v) is 2.14. The molecule has 8 heavy (non-hydrogen) atoms. The van der Waals surface area contributed by atoms with Crippen LogP contribution in [0.5, 0.6) is 0 Å². The van der Waals surface area contributed by atoms with Gasteiger partial charge in [-0.05, 0) is 0 Å². The molecule has 1 saturated heterocycles. The summed E-state index contributed by atoms with van der Waals surface area (Å²) in [6.07, 6.45) is -0.265. The van der Waals surface area contributed by atoms with Crippen LogP contribution in [0.2, 0.25) is 0 Å². The summed E-state index contributed by atoms with van der Waals surface area (Å²) >= 11 is 3.95. The van der Waals surface area contributed by atoms with Crippen LogP contribution in [0.4, 0.5) is 0 Å². The lowest BCUT2D eigenvalue weighted by Gasteiger charge is -2.04. The normalized spacial score (nSPS) is 21.6. The van der Waals surface area contributed by atoms with Crippen molar-refractivity contribution in [2.45, 2.75) is 6.29 Å². The first-order valence-corrected chi connectivity index (χ1v) is 2.86. The van der Waals surface area contributed by atoms with Crippen molar-refractivity contribution in [3.8, 4) is 0 Å². The zero-order valence-electron chi connectivity index (χ0n) is 4.46. The summed E-state index contributed by atoms with van der Waals surface area (Å²) in [6, 6.07) is 0. The molecule has 1 rings (SSSR count). The average molecular weight is 132 g/mol. The molecule has 0 radical (unpaired) electrons. The Kier molecular flexibility index (Phi) is 1.94. The van der Waals surface area contributed by atoms with Gasteiger partial charge < -0.3 is 9.47 Å². The van der Waals surface area contributed by atoms with Crippen LogP contribution in [0.15, 0.2) is 11.5 Å². The van der Waals surface area contributed by atoms with E-state index in [0.717, 1.165) is 0 Å². The lowest BCUT2D eigenvalue weighted by Crippen LogP contribution is -2.05. The van der Waals surface area contributed by atoms with Gasteiger partial charge in [0, 0.05) is 4.91 Å². The molecule has 0 saturated carbocycles. The van der Waals surface area contributed by atoms with E-state index in [1.165, 1.54) is 0 Å². The van der Waals surface area contributed by atoms with Gasteiger partial charge in [0.1, 0.15) is 0 Å². The second-order valence-electron chi connectivity index (χ2n) is 1.56. The SMILES string of the molecule is C=C(S)C1OCCO1. The minimum absolute atomic E-state index is 0.265. The van der Waals surface area contributed by atoms with Crippen LogP contribution in [0, 0.1) is 0 Å². The number of rotatable bonds is 1. The Morgan fingerprint density at radius 3 is 2.25 bits per heavy atom. The first-order chi connectivity index (χ1) is 3.80. The number of hydrogen-bond acceptors (Lipinski definition) is 3. The molecule has 0 N–H and O–H groups in total. The molecule has 46 valence electrons. The predicted octanol–water partition coefficient (Wildman–Crippen LogP) is 0.803. The third-order valence-corrected chi connectivity index (χ3v) is 1.10. The zero-order valence-corrected chi connectivity index (χ0v) is 5.36. The summed E-state index contributed by atoms with van der Waals surface area (Å²) in [7, 11) is 0. The molecule has 3 heteroatoms. The molecular weight excluding hydrogens is 124 g/mol. The molecule has 0 atom stereocenters. The Morgan fingerprint density at radius 2 is 2.00 bits per heavy atom. The molecule has 2 nitrogen and oxygen atoms in total. The molecule has 1 heterocycles. The summed E-state index contributed by atoms with van der Waals surface area (Å²) < 4.78 is 10.0. The molecule has 0 amide bonds. The Morgan fingerprint density at radius 1 is 1.50 bits per heavy atom. The highest BCUT2D eigenvalue weighted by atomic mass is 32.1. The monoisotopic (exact) mass is 132 g/mol. The minimum atomic E-state index is -0.265. The molecule has 0 unspecified atom stereocenters. The third kappa shape index (κ3) is 1.24. The highest BCUT2D eigenvalue weighted by Crippen LogP contribution is 2.13. The van der Waals surface area contributed by atoms with Crippen LogP contribution in [0.25, 0.3) is 0 Å². The maximum absolute atomic E-state index is 5.02. The van der Waals surface area contributed by atoms with E-state index in [2.05, 4.69) is 19.2 Å². The van der Waals surface area contributed by atoms with E-state index in [4.69, 9.17) is 9.47 Å². The van der Waals surface area contributed by atoms with Gasteiger partial charge in [-0.3, -0.25) is 0 Å². The molecule has 1 aliphatic heterocycles. The van der Waals surface area contributed by atoms with E-state index in [0.29, 0.717) is 18.1 Å². The molecule has 1 aliphatic rings. The summed E-state index contributed by atoms with van der Waals surface area (Å²) in [5.41, 5.74) is 0. The van der Waals surface area contributed by atoms with Gasteiger partial charge in [0.15, 0.2) is 6.29 Å². The largest absolute Gasteiger partial charge is 0.346 e. The minimum Gasteiger partial charge on any atom is -0.346 e. The van der Waals surface area contributed by atoms with E-state index in [1.807, 2.05) is 0 Å². The van der Waals surface area contributed by atoms with Crippen LogP contribution < -0.4 is 0 Å². The fourth-order valence-corrected chi connectivity index (χ4v) is 0.700. The van der Waals surface area contributed by atoms with Crippen LogP contribution in [-0.2, 0) is 9.47 Å². The van der Waals surface area contributed by atoms with E-state index >= 15 is 0 Å². The Balaban J connectivity index is 2.35. The highest BCUT2D eigenvalue weighted by Gasteiger charge is 2.15. The molecule has 0 aliphatic carbocycles. The van der Waals surface area contributed by atoms with Gasteiger partial charge in [0.2, 0.25) is 0 Å². The van der Waals surface area contributed by atoms with E-state index in [-0.39, 0.29) is 6.29 Å². The van der Waals surface area contributed by atoms with Crippen molar-refractivity contribution >= 4 is 12.6 Å². The average Bonchev–Trinajstić information content (AvgIpc) is 2.12. The van der Waals surface area contributed by atoms with Crippen molar-refractivity contribution in [1.29, 1.82) is 0 Å². The summed E-state index contributed by atoms with van der Waals surface area (Å²) in [5, 5.41) is 0. The van der Waals surface area contributed by atoms with Gasteiger partial charge in [-0.2, -0.15) is 0 Å². The van der Waals surface area contributed by atoms with Gasteiger partial charge in [-0.1, -0.05) is 6.58 Å². The van der Waals surface area contributed by atoms with E-state index < -0.39 is 0 Å². The molecular formula is C5H8O2S. The number of thiol groups is 1.